The summed E-state index contributed by atoms with van der Waals surface area (Å²) in [5.74, 6) is 0. The molecule has 0 atom stereocenters. The van der Waals surface area contributed by atoms with E-state index in [-0.39, 0.29) is 18.0 Å². The van der Waals surface area contributed by atoms with Crippen LogP contribution in [0.5, 0.6) is 0 Å². The number of halogens is 1. The van der Waals surface area contributed by atoms with Crippen LogP contribution in [0.1, 0.15) is 32.1 Å². The lowest BCUT2D eigenvalue weighted by Gasteiger charge is -2.40. The van der Waals surface area contributed by atoms with Gasteiger partial charge in [0.25, 0.3) is 0 Å². The third-order valence-corrected chi connectivity index (χ3v) is 2.90. The monoisotopic (exact) mass is 191 g/mol. The molecule has 1 aliphatic carbocycles. The van der Waals surface area contributed by atoms with Crippen molar-refractivity contribution in [3.63, 3.8) is 0 Å². The van der Waals surface area contributed by atoms with Crippen LogP contribution in [0.15, 0.2) is 0 Å². The van der Waals surface area contributed by atoms with Crippen LogP contribution >= 0.6 is 12.4 Å². The summed E-state index contributed by atoms with van der Waals surface area (Å²) < 4.78 is 5.84. The highest BCUT2D eigenvalue weighted by Gasteiger charge is 2.34. The van der Waals surface area contributed by atoms with Crippen molar-refractivity contribution in [3.8, 4) is 0 Å². The molecular weight excluding hydrogens is 174 g/mol. The molecule has 1 saturated heterocycles. The lowest BCUT2D eigenvalue weighted by Crippen LogP contribution is -2.50. The molecule has 72 valence electrons. The van der Waals surface area contributed by atoms with E-state index in [9.17, 15) is 0 Å². The van der Waals surface area contributed by atoms with Crippen LogP contribution in [0.2, 0.25) is 0 Å². The van der Waals surface area contributed by atoms with Crippen molar-refractivity contribution in [2.75, 3.05) is 19.7 Å². The molecule has 1 heterocycles. The molecule has 0 unspecified atom stereocenters. The Labute approximate surface area is 80.5 Å². The fourth-order valence-corrected chi connectivity index (χ4v) is 2.22. The Bertz CT molecular complexity index is 109. The van der Waals surface area contributed by atoms with E-state index in [1.54, 1.807) is 0 Å². The Balaban J connectivity index is 0.000000720. The summed E-state index contributed by atoms with van der Waals surface area (Å²) in [6.45, 7) is 3.05. The lowest BCUT2D eigenvalue weighted by atomic mass is 9.84. The van der Waals surface area contributed by atoms with Crippen molar-refractivity contribution in [2.45, 2.75) is 37.7 Å². The maximum Gasteiger partial charge on any atom is 0.0806 e. The second-order valence-corrected chi connectivity index (χ2v) is 3.77. The van der Waals surface area contributed by atoms with E-state index < -0.39 is 0 Å². The first kappa shape index (κ1) is 10.3. The van der Waals surface area contributed by atoms with E-state index >= 15 is 0 Å². The molecular formula is C9H18ClNO. The fraction of sp³-hybridized carbons (Fsp3) is 1.00. The minimum absolute atomic E-state index is 0. The van der Waals surface area contributed by atoms with Gasteiger partial charge in [-0.05, 0) is 12.8 Å². The number of nitrogens with one attached hydrogen (secondary N) is 1. The Morgan fingerprint density at radius 1 is 1.08 bits per heavy atom. The van der Waals surface area contributed by atoms with Gasteiger partial charge in [-0.1, -0.05) is 19.3 Å². The van der Waals surface area contributed by atoms with Crippen LogP contribution in [0.25, 0.3) is 0 Å². The highest BCUT2D eigenvalue weighted by atomic mass is 35.5. The van der Waals surface area contributed by atoms with Gasteiger partial charge >= 0.3 is 0 Å². The summed E-state index contributed by atoms with van der Waals surface area (Å²) >= 11 is 0. The molecule has 1 N–H and O–H groups in total. The average molecular weight is 192 g/mol. The summed E-state index contributed by atoms with van der Waals surface area (Å²) in [4.78, 5) is 0. The molecule has 2 nitrogen and oxygen atoms in total. The zero-order valence-electron chi connectivity index (χ0n) is 7.47. The Kier molecular flexibility index (Phi) is 3.81. The second kappa shape index (κ2) is 4.45. The first-order chi connectivity index (χ1) is 5.41. The van der Waals surface area contributed by atoms with Gasteiger partial charge in [-0.15, -0.1) is 12.4 Å². The minimum atomic E-state index is 0. The van der Waals surface area contributed by atoms with Crippen LogP contribution in [0.4, 0.5) is 0 Å². The van der Waals surface area contributed by atoms with Crippen LogP contribution in [0, 0.1) is 0 Å². The van der Waals surface area contributed by atoms with E-state index in [4.69, 9.17) is 4.74 Å². The predicted octanol–water partition coefficient (Wildman–Crippen LogP) is 1.73. The fourth-order valence-electron chi connectivity index (χ4n) is 2.22. The Morgan fingerprint density at radius 2 is 1.83 bits per heavy atom. The third kappa shape index (κ3) is 2.12. The van der Waals surface area contributed by atoms with Gasteiger partial charge in [0, 0.05) is 13.1 Å². The molecule has 12 heavy (non-hydrogen) atoms. The van der Waals surface area contributed by atoms with Crippen molar-refractivity contribution in [1.29, 1.82) is 0 Å². The summed E-state index contributed by atoms with van der Waals surface area (Å²) in [5, 5.41) is 3.42. The molecule has 3 heteroatoms. The van der Waals surface area contributed by atoms with E-state index in [1.165, 1.54) is 32.1 Å². The molecule has 0 radical (unpaired) electrons. The van der Waals surface area contributed by atoms with Crippen molar-refractivity contribution in [2.24, 2.45) is 0 Å². The molecule has 0 amide bonds. The molecule has 1 spiro atoms. The quantitative estimate of drug-likeness (QED) is 0.630. The standard InChI is InChI=1S/C9H17NO.ClH/c1-2-4-9(5-3-1)8-10-6-7-11-9;/h10H,1-8H2;1H. The molecule has 0 aromatic carbocycles. The number of ether oxygens (including phenoxy) is 1. The zero-order chi connectivity index (χ0) is 7.57. The predicted molar refractivity (Wildman–Crippen MR) is 51.9 cm³/mol. The third-order valence-electron chi connectivity index (χ3n) is 2.90. The van der Waals surface area contributed by atoms with Gasteiger partial charge in [0.05, 0.1) is 12.2 Å². The molecule has 1 saturated carbocycles. The minimum Gasteiger partial charge on any atom is -0.372 e. The average Bonchev–Trinajstić information content (AvgIpc) is 2.07. The topological polar surface area (TPSA) is 21.3 Å². The van der Waals surface area contributed by atoms with Gasteiger partial charge in [0.15, 0.2) is 0 Å². The van der Waals surface area contributed by atoms with Crippen LogP contribution in [0.3, 0.4) is 0 Å². The largest absolute Gasteiger partial charge is 0.372 e. The second-order valence-electron chi connectivity index (χ2n) is 3.77. The van der Waals surface area contributed by atoms with Gasteiger partial charge in [-0.25, -0.2) is 0 Å². The maximum absolute atomic E-state index is 5.84. The Hall–Kier alpha value is 0.210. The molecule has 0 aromatic rings. The lowest BCUT2D eigenvalue weighted by molar-refractivity contribution is -0.0874. The van der Waals surface area contributed by atoms with Crippen LogP contribution in [-0.4, -0.2) is 25.3 Å². The number of hydrogen-bond acceptors (Lipinski definition) is 2. The normalized spacial score (nSPS) is 28.0. The Morgan fingerprint density at radius 3 is 2.42 bits per heavy atom. The summed E-state index contributed by atoms with van der Waals surface area (Å²) in [7, 11) is 0. The highest BCUT2D eigenvalue weighted by Crippen LogP contribution is 2.31. The van der Waals surface area contributed by atoms with Crippen molar-refractivity contribution in [3.05, 3.63) is 0 Å². The molecule has 0 bridgehead atoms. The molecule has 2 rings (SSSR count). The van der Waals surface area contributed by atoms with E-state index in [0.29, 0.717) is 0 Å². The summed E-state index contributed by atoms with van der Waals surface area (Å²) in [6, 6.07) is 0. The van der Waals surface area contributed by atoms with Gasteiger partial charge in [-0.2, -0.15) is 0 Å². The molecule has 1 aliphatic heterocycles. The molecule has 2 fully saturated rings. The number of rotatable bonds is 0. The maximum atomic E-state index is 5.84. The number of morpholine rings is 1. The van der Waals surface area contributed by atoms with E-state index in [1.807, 2.05) is 0 Å². The SMILES string of the molecule is C1CCC2(CC1)CNCCO2.Cl. The number of hydrogen-bond donors (Lipinski definition) is 1. The van der Waals surface area contributed by atoms with Gasteiger partial charge in [-0.3, -0.25) is 0 Å². The molecule has 0 aromatic heterocycles. The smallest absolute Gasteiger partial charge is 0.0806 e. The van der Waals surface area contributed by atoms with Crippen LogP contribution in [-0.2, 0) is 4.74 Å². The van der Waals surface area contributed by atoms with Gasteiger partial charge in [0.2, 0.25) is 0 Å². The van der Waals surface area contributed by atoms with Gasteiger partial charge < -0.3 is 10.1 Å². The van der Waals surface area contributed by atoms with E-state index in [2.05, 4.69) is 5.32 Å². The first-order valence-corrected chi connectivity index (χ1v) is 4.76. The van der Waals surface area contributed by atoms with Gasteiger partial charge in [0.1, 0.15) is 0 Å². The van der Waals surface area contributed by atoms with Crippen molar-refractivity contribution < 1.29 is 4.74 Å². The van der Waals surface area contributed by atoms with Crippen molar-refractivity contribution in [1.82, 2.24) is 5.32 Å². The zero-order valence-corrected chi connectivity index (χ0v) is 8.29. The molecule has 2 aliphatic rings. The van der Waals surface area contributed by atoms with E-state index in [0.717, 1.165) is 19.7 Å². The summed E-state index contributed by atoms with van der Waals surface area (Å²) in [6.07, 6.45) is 6.69. The first-order valence-electron chi connectivity index (χ1n) is 4.76. The van der Waals surface area contributed by atoms with Crippen molar-refractivity contribution >= 4 is 12.4 Å². The summed E-state index contributed by atoms with van der Waals surface area (Å²) in [5.41, 5.74) is 0.247. The van der Waals surface area contributed by atoms with Crippen LogP contribution < -0.4 is 5.32 Å². The highest BCUT2D eigenvalue weighted by molar-refractivity contribution is 5.85.